The van der Waals surface area contributed by atoms with E-state index in [0.29, 0.717) is 9.47 Å². The van der Waals surface area contributed by atoms with Gasteiger partial charge in [0.2, 0.25) is 11.0 Å². The van der Waals surface area contributed by atoms with Crippen molar-refractivity contribution < 1.29 is 14.3 Å². The van der Waals surface area contributed by atoms with E-state index in [2.05, 4.69) is 44.6 Å². The molecule has 2 rings (SSSR count). The minimum absolute atomic E-state index is 0.438. The quantitative estimate of drug-likeness (QED) is 0.758. The number of imide groups is 1. The van der Waals surface area contributed by atoms with E-state index in [4.69, 9.17) is 0 Å². The third kappa shape index (κ3) is 5.20. The zero-order chi connectivity index (χ0) is 17.5. The Morgan fingerprint density at radius 2 is 2.00 bits per heavy atom. The highest BCUT2D eigenvalue weighted by atomic mass is 32.2. The van der Waals surface area contributed by atoms with Crippen molar-refractivity contribution in [2.24, 2.45) is 0 Å². The predicted molar refractivity (Wildman–Crippen MR) is 94.9 cm³/mol. The molecule has 0 aliphatic rings. The molecular formula is C15H18N4O3S2. The molecule has 0 unspecified atom stereocenters. The Morgan fingerprint density at radius 3 is 2.62 bits per heavy atom. The molecule has 0 spiro atoms. The highest BCUT2D eigenvalue weighted by molar-refractivity contribution is 8.02. The van der Waals surface area contributed by atoms with Gasteiger partial charge in [0.15, 0.2) is 4.34 Å². The Labute approximate surface area is 148 Å². The van der Waals surface area contributed by atoms with Gasteiger partial charge in [-0.1, -0.05) is 42.2 Å². The maximum absolute atomic E-state index is 11.8. The first kappa shape index (κ1) is 18.2. The van der Waals surface area contributed by atoms with Gasteiger partial charge < -0.3 is 10.1 Å². The van der Waals surface area contributed by atoms with E-state index in [1.54, 1.807) is 6.92 Å². The summed E-state index contributed by atoms with van der Waals surface area (Å²) in [6.07, 6.45) is 0.216. The number of benzene rings is 1. The van der Waals surface area contributed by atoms with Gasteiger partial charge in [-0.25, -0.2) is 4.79 Å². The summed E-state index contributed by atoms with van der Waals surface area (Å²) in [4.78, 5) is 22.8. The number of anilines is 2. The summed E-state index contributed by atoms with van der Waals surface area (Å²) >= 11 is 2.57. The smallest absolute Gasteiger partial charge is 0.413 e. The lowest BCUT2D eigenvalue weighted by atomic mass is 10.1. The molecule has 0 radical (unpaired) electrons. The van der Waals surface area contributed by atoms with Crippen LogP contribution in [0, 0.1) is 0 Å². The molecule has 0 aliphatic heterocycles. The molecule has 0 saturated carbocycles. The van der Waals surface area contributed by atoms with Gasteiger partial charge >= 0.3 is 6.09 Å². The highest BCUT2D eigenvalue weighted by Crippen LogP contribution is 2.30. The molecule has 7 nitrogen and oxygen atoms in total. The molecule has 2 N–H and O–H groups in total. The number of hydrogen-bond donors (Lipinski definition) is 2. The van der Waals surface area contributed by atoms with E-state index in [-0.39, 0.29) is 0 Å². The lowest BCUT2D eigenvalue weighted by Gasteiger charge is -2.07. The lowest BCUT2D eigenvalue weighted by Crippen LogP contribution is -2.35. The average Bonchev–Trinajstić information content (AvgIpc) is 3.02. The van der Waals surface area contributed by atoms with Crippen LogP contribution in [-0.2, 0) is 16.0 Å². The number of carbonyl (C=O) groups excluding carboxylic acids is 2. The second kappa shape index (κ2) is 8.65. The molecular weight excluding hydrogens is 348 g/mol. The summed E-state index contributed by atoms with van der Waals surface area (Å²) in [5.41, 5.74) is 2.19. The van der Waals surface area contributed by atoms with Crippen molar-refractivity contribution in [3.05, 3.63) is 29.8 Å². The summed E-state index contributed by atoms with van der Waals surface area (Å²) in [6.45, 7) is 3.79. The molecule has 9 heteroatoms. The van der Waals surface area contributed by atoms with Crippen molar-refractivity contribution in [3.8, 4) is 0 Å². The Bertz CT molecular complexity index is 703. The summed E-state index contributed by atoms with van der Waals surface area (Å²) in [5.74, 6) is -0.438. The van der Waals surface area contributed by atoms with Gasteiger partial charge in [-0.2, -0.15) is 0 Å². The largest absolute Gasteiger partial charge is 0.453 e. The van der Waals surface area contributed by atoms with Crippen LogP contribution >= 0.6 is 23.1 Å². The van der Waals surface area contributed by atoms with Crippen LogP contribution in [-0.4, -0.2) is 34.6 Å². The molecule has 2 amide bonds. The fraction of sp³-hybridized carbons (Fsp3) is 0.333. The standard InChI is InChI=1S/C15H18N4O3S2/c1-4-10-5-7-11(8-6-10)16-13-18-19-15(24-13)23-9(2)12(20)17-14(21)22-3/h5-9H,4H2,1-3H3,(H,16,18)(H,17,20,21)/t9-/m0/s1. The molecule has 0 bridgehead atoms. The molecule has 0 aliphatic carbocycles. The molecule has 0 saturated heterocycles. The van der Waals surface area contributed by atoms with Crippen LogP contribution in [0.5, 0.6) is 0 Å². The van der Waals surface area contributed by atoms with Gasteiger partial charge in [0, 0.05) is 5.69 Å². The number of amides is 2. The topological polar surface area (TPSA) is 93.2 Å². The van der Waals surface area contributed by atoms with E-state index in [9.17, 15) is 9.59 Å². The minimum Gasteiger partial charge on any atom is -0.453 e. The Morgan fingerprint density at radius 1 is 1.29 bits per heavy atom. The van der Waals surface area contributed by atoms with Crippen LogP contribution < -0.4 is 10.6 Å². The Kier molecular flexibility index (Phi) is 6.56. The van der Waals surface area contributed by atoms with Gasteiger partial charge in [0.25, 0.3) is 0 Å². The first-order valence-electron chi connectivity index (χ1n) is 7.26. The van der Waals surface area contributed by atoms with Gasteiger partial charge in [-0.15, -0.1) is 10.2 Å². The number of methoxy groups -OCH3 is 1. The maximum Gasteiger partial charge on any atom is 0.413 e. The number of aromatic nitrogens is 2. The molecule has 2 aromatic rings. The summed E-state index contributed by atoms with van der Waals surface area (Å²) in [6, 6.07) is 8.08. The zero-order valence-electron chi connectivity index (χ0n) is 13.5. The van der Waals surface area contributed by atoms with E-state index in [1.165, 1.54) is 35.8 Å². The number of alkyl carbamates (subject to hydrolysis) is 1. The number of ether oxygens (including phenoxy) is 1. The second-order valence-electron chi connectivity index (χ2n) is 4.79. The van der Waals surface area contributed by atoms with Crippen LogP contribution in [0.2, 0.25) is 0 Å². The molecule has 1 heterocycles. The second-order valence-corrected chi connectivity index (χ2v) is 7.35. The summed E-state index contributed by atoms with van der Waals surface area (Å²) in [5, 5.41) is 13.5. The monoisotopic (exact) mass is 366 g/mol. The normalized spacial score (nSPS) is 11.6. The minimum atomic E-state index is -0.775. The van der Waals surface area contributed by atoms with Crippen molar-refractivity contribution in [3.63, 3.8) is 0 Å². The number of carbonyl (C=O) groups is 2. The maximum atomic E-state index is 11.8. The molecule has 1 atom stereocenters. The van der Waals surface area contributed by atoms with Crippen LogP contribution in [0.3, 0.4) is 0 Å². The number of rotatable bonds is 6. The van der Waals surface area contributed by atoms with Gasteiger partial charge in [0.1, 0.15) is 0 Å². The fourth-order valence-corrected chi connectivity index (χ4v) is 3.63. The van der Waals surface area contributed by atoms with Crippen LogP contribution in [0.15, 0.2) is 28.6 Å². The van der Waals surface area contributed by atoms with Crippen LogP contribution in [0.4, 0.5) is 15.6 Å². The van der Waals surface area contributed by atoms with Gasteiger partial charge in [0.05, 0.1) is 12.4 Å². The number of hydrogen-bond acceptors (Lipinski definition) is 8. The first-order valence-corrected chi connectivity index (χ1v) is 8.96. The predicted octanol–water partition coefficient (Wildman–Crippen LogP) is 3.21. The van der Waals surface area contributed by atoms with E-state index >= 15 is 0 Å². The highest BCUT2D eigenvalue weighted by Gasteiger charge is 2.19. The summed E-state index contributed by atoms with van der Waals surface area (Å²) in [7, 11) is 1.20. The lowest BCUT2D eigenvalue weighted by molar-refractivity contribution is -0.119. The third-order valence-electron chi connectivity index (χ3n) is 3.08. The number of thioether (sulfide) groups is 1. The van der Waals surface area contributed by atoms with Crippen LogP contribution in [0.1, 0.15) is 19.4 Å². The van der Waals surface area contributed by atoms with Gasteiger partial charge in [-0.3, -0.25) is 10.1 Å². The van der Waals surface area contributed by atoms with E-state index < -0.39 is 17.3 Å². The Balaban J connectivity index is 1.92. The zero-order valence-corrected chi connectivity index (χ0v) is 15.2. The molecule has 1 aromatic carbocycles. The molecule has 0 fully saturated rings. The van der Waals surface area contributed by atoms with Crippen molar-refractivity contribution in [1.29, 1.82) is 0 Å². The SMILES string of the molecule is CCc1ccc(Nc2nnc(S[C@@H](C)C(=O)NC(=O)OC)s2)cc1. The van der Waals surface area contributed by atoms with Crippen molar-refractivity contribution in [1.82, 2.24) is 15.5 Å². The van der Waals surface area contributed by atoms with E-state index in [1.807, 2.05) is 12.1 Å². The van der Waals surface area contributed by atoms with Crippen molar-refractivity contribution in [2.45, 2.75) is 29.9 Å². The van der Waals surface area contributed by atoms with Crippen LogP contribution in [0.25, 0.3) is 0 Å². The van der Waals surface area contributed by atoms with Crippen molar-refractivity contribution >= 4 is 45.9 Å². The van der Waals surface area contributed by atoms with E-state index in [0.717, 1.165) is 12.1 Å². The number of nitrogens with one attached hydrogen (secondary N) is 2. The number of nitrogens with zero attached hydrogens (tertiary/aromatic N) is 2. The molecule has 128 valence electrons. The summed E-state index contributed by atoms with van der Waals surface area (Å²) < 4.78 is 5.03. The average molecular weight is 366 g/mol. The first-order chi connectivity index (χ1) is 11.5. The van der Waals surface area contributed by atoms with Gasteiger partial charge in [-0.05, 0) is 31.0 Å². The molecule has 1 aromatic heterocycles. The fourth-order valence-electron chi connectivity index (χ4n) is 1.71. The third-order valence-corrected chi connectivity index (χ3v) is 5.10. The molecule has 24 heavy (non-hydrogen) atoms. The number of aryl methyl sites for hydroxylation is 1. The Hall–Kier alpha value is -2.13. The van der Waals surface area contributed by atoms with Crippen molar-refractivity contribution in [2.75, 3.05) is 12.4 Å².